The van der Waals surface area contributed by atoms with E-state index in [1.807, 2.05) is 4.90 Å². The normalized spacial score (nSPS) is 26.4. The lowest BCUT2D eigenvalue weighted by Gasteiger charge is -2.35. The van der Waals surface area contributed by atoms with Gasteiger partial charge in [0.05, 0.1) is 13.0 Å². The van der Waals surface area contributed by atoms with Gasteiger partial charge in [-0.1, -0.05) is 31.5 Å². The summed E-state index contributed by atoms with van der Waals surface area (Å²) in [4.78, 5) is 26.6. The van der Waals surface area contributed by atoms with E-state index in [-0.39, 0.29) is 17.2 Å². The molecule has 5 heteroatoms. The predicted molar refractivity (Wildman–Crippen MR) is 113 cm³/mol. The van der Waals surface area contributed by atoms with E-state index in [0.717, 1.165) is 38.3 Å². The number of likely N-dealkylation sites (tertiary alicyclic amines) is 1. The smallest absolute Gasteiger partial charge is 0.406 e. The van der Waals surface area contributed by atoms with E-state index in [0.29, 0.717) is 12.5 Å². The molecule has 29 heavy (non-hydrogen) atoms. The van der Waals surface area contributed by atoms with Crippen molar-refractivity contribution < 1.29 is 14.3 Å². The van der Waals surface area contributed by atoms with Gasteiger partial charge in [-0.2, -0.15) is 0 Å². The van der Waals surface area contributed by atoms with Gasteiger partial charge in [0.2, 0.25) is 5.91 Å². The van der Waals surface area contributed by atoms with Crippen LogP contribution < -0.4 is 5.32 Å². The molecule has 1 saturated heterocycles. The summed E-state index contributed by atoms with van der Waals surface area (Å²) in [6.07, 6.45) is 6.17. The van der Waals surface area contributed by atoms with Gasteiger partial charge in [0.1, 0.15) is 0 Å². The quantitative estimate of drug-likeness (QED) is 0.751. The second-order valence-electron chi connectivity index (χ2n) is 9.30. The molecule has 3 fully saturated rings. The van der Waals surface area contributed by atoms with Gasteiger partial charge >= 0.3 is 6.09 Å². The van der Waals surface area contributed by atoms with E-state index < -0.39 is 6.09 Å². The summed E-state index contributed by atoms with van der Waals surface area (Å²) in [6.45, 7) is 6.36. The Balaban J connectivity index is 1.39. The van der Waals surface area contributed by atoms with Crippen molar-refractivity contribution in [3.63, 3.8) is 0 Å². The predicted octanol–water partition coefficient (Wildman–Crippen LogP) is 4.13. The molecule has 158 valence electrons. The van der Waals surface area contributed by atoms with Crippen molar-refractivity contribution in [1.82, 2.24) is 10.2 Å². The first-order valence-electron chi connectivity index (χ1n) is 11.2. The minimum absolute atomic E-state index is 0.162. The molecule has 1 N–H and O–H groups in total. The summed E-state index contributed by atoms with van der Waals surface area (Å²) in [7, 11) is 1.35. The van der Waals surface area contributed by atoms with Crippen molar-refractivity contribution in [3.8, 4) is 0 Å². The molecular formula is C24H34N2O3. The maximum Gasteiger partial charge on any atom is 0.406 e. The Morgan fingerprint density at radius 1 is 1.34 bits per heavy atom. The van der Waals surface area contributed by atoms with E-state index in [9.17, 15) is 9.59 Å². The number of fused-ring (bicyclic) bond motifs is 1. The SMILES string of the molecule is CCC[C@H](CNC(=O)OC)C(=O)N1CCC2(c3ccc(C4CC4)cc3C)CC2C1. The molecular weight excluding hydrogens is 364 g/mol. The van der Waals surface area contributed by atoms with Crippen LogP contribution in [0.3, 0.4) is 0 Å². The standard InChI is InChI=1S/C24H34N2O3/c1-4-5-19(14-25-23(28)29-3)22(27)26-11-10-24(13-20(24)15-26)21-9-8-18(12-16(21)2)17-6-7-17/h8-9,12,17,19-20H,4-7,10-11,13-15H2,1-3H3,(H,25,28)/t19-,20?,24?/m1/s1. The summed E-state index contributed by atoms with van der Waals surface area (Å²) in [5.74, 6) is 1.39. The minimum Gasteiger partial charge on any atom is -0.453 e. The number of amides is 2. The molecule has 2 amide bonds. The first-order chi connectivity index (χ1) is 14.0. The fourth-order valence-corrected chi connectivity index (χ4v) is 5.40. The molecule has 0 bridgehead atoms. The van der Waals surface area contributed by atoms with Gasteiger partial charge in [0, 0.05) is 25.0 Å². The molecule has 1 aromatic carbocycles. The Hall–Kier alpha value is -2.04. The zero-order valence-electron chi connectivity index (χ0n) is 18.0. The molecule has 0 spiro atoms. The van der Waals surface area contributed by atoms with Crippen LogP contribution in [-0.2, 0) is 14.9 Å². The molecule has 2 aliphatic carbocycles. The average Bonchev–Trinajstić information content (AvgIpc) is 3.63. The van der Waals surface area contributed by atoms with Gasteiger partial charge in [-0.3, -0.25) is 4.79 Å². The zero-order valence-corrected chi connectivity index (χ0v) is 18.0. The van der Waals surface area contributed by atoms with Crippen molar-refractivity contribution in [3.05, 3.63) is 34.9 Å². The number of nitrogens with zero attached hydrogens (tertiary/aromatic N) is 1. The molecule has 1 heterocycles. The van der Waals surface area contributed by atoms with Crippen molar-refractivity contribution >= 4 is 12.0 Å². The van der Waals surface area contributed by atoms with E-state index in [1.54, 1.807) is 0 Å². The second-order valence-corrected chi connectivity index (χ2v) is 9.30. The number of hydrogen-bond donors (Lipinski definition) is 1. The van der Waals surface area contributed by atoms with Gasteiger partial charge in [0.15, 0.2) is 0 Å². The third-order valence-electron chi connectivity index (χ3n) is 7.31. The summed E-state index contributed by atoms with van der Waals surface area (Å²) >= 11 is 0. The number of methoxy groups -OCH3 is 1. The summed E-state index contributed by atoms with van der Waals surface area (Å²) in [5.41, 5.74) is 4.74. The van der Waals surface area contributed by atoms with Crippen molar-refractivity contribution in [2.24, 2.45) is 11.8 Å². The van der Waals surface area contributed by atoms with E-state index in [1.165, 1.54) is 43.1 Å². The highest BCUT2D eigenvalue weighted by Crippen LogP contribution is 2.60. The number of alkyl carbamates (subject to hydrolysis) is 1. The van der Waals surface area contributed by atoms with E-state index in [4.69, 9.17) is 0 Å². The molecule has 1 aromatic rings. The molecule has 1 aliphatic heterocycles. The molecule has 2 unspecified atom stereocenters. The largest absolute Gasteiger partial charge is 0.453 e. The average molecular weight is 399 g/mol. The van der Waals surface area contributed by atoms with Gasteiger partial charge in [0.25, 0.3) is 0 Å². The van der Waals surface area contributed by atoms with E-state index in [2.05, 4.69) is 42.1 Å². The van der Waals surface area contributed by atoms with Crippen LogP contribution in [0.4, 0.5) is 4.79 Å². The molecule has 2 saturated carbocycles. The molecule has 4 rings (SSSR count). The summed E-state index contributed by atoms with van der Waals surface area (Å²) in [6, 6.07) is 7.13. The summed E-state index contributed by atoms with van der Waals surface area (Å²) in [5, 5.41) is 2.71. The fourth-order valence-electron chi connectivity index (χ4n) is 5.40. The first kappa shape index (κ1) is 20.2. The van der Waals surface area contributed by atoms with Crippen LogP contribution in [0.2, 0.25) is 0 Å². The van der Waals surface area contributed by atoms with Crippen LogP contribution in [-0.4, -0.2) is 43.6 Å². The van der Waals surface area contributed by atoms with Crippen LogP contribution in [0.1, 0.15) is 68.1 Å². The molecule has 5 nitrogen and oxygen atoms in total. The highest BCUT2D eigenvalue weighted by Gasteiger charge is 2.58. The molecule has 3 aliphatic rings. The van der Waals surface area contributed by atoms with Crippen LogP contribution in [0, 0.1) is 18.8 Å². The Bertz CT molecular complexity index is 788. The number of ether oxygens (including phenoxy) is 1. The first-order valence-corrected chi connectivity index (χ1v) is 11.2. The molecule has 0 aromatic heterocycles. The van der Waals surface area contributed by atoms with Gasteiger partial charge in [-0.15, -0.1) is 0 Å². The third kappa shape index (κ3) is 4.01. The Kier molecular flexibility index (Phi) is 5.58. The number of piperidine rings is 1. The number of rotatable bonds is 7. The van der Waals surface area contributed by atoms with Crippen LogP contribution in [0.25, 0.3) is 0 Å². The van der Waals surface area contributed by atoms with Crippen molar-refractivity contribution in [2.75, 3.05) is 26.7 Å². The van der Waals surface area contributed by atoms with Gasteiger partial charge in [-0.05, 0) is 67.6 Å². The molecule has 3 atom stereocenters. The summed E-state index contributed by atoms with van der Waals surface area (Å²) < 4.78 is 4.65. The Morgan fingerprint density at radius 2 is 2.14 bits per heavy atom. The number of carbonyl (C=O) groups excluding carboxylic acids is 2. The lowest BCUT2D eigenvalue weighted by Crippen LogP contribution is -2.46. The van der Waals surface area contributed by atoms with E-state index >= 15 is 0 Å². The third-order valence-corrected chi connectivity index (χ3v) is 7.31. The van der Waals surface area contributed by atoms with Gasteiger partial charge < -0.3 is 15.0 Å². The minimum atomic E-state index is -0.469. The number of aryl methyl sites for hydroxylation is 1. The topological polar surface area (TPSA) is 58.6 Å². The highest BCUT2D eigenvalue weighted by atomic mass is 16.5. The number of carbonyl (C=O) groups is 2. The van der Waals surface area contributed by atoms with Crippen molar-refractivity contribution in [1.29, 1.82) is 0 Å². The Morgan fingerprint density at radius 3 is 2.76 bits per heavy atom. The number of benzene rings is 1. The lowest BCUT2D eigenvalue weighted by atomic mass is 9.83. The zero-order chi connectivity index (χ0) is 20.6. The fraction of sp³-hybridized carbons (Fsp3) is 0.667. The van der Waals surface area contributed by atoms with Gasteiger partial charge in [-0.25, -0.2) is 4.79 Å². The highest BCUT2D eigenvalue weighted by molar-refractivity contribution is 5.80. The van der Waals surface area contributed by atoms with Crippen LogP contribution in [0.15, 0.2) is 18.2 Å². The molecule has 0 radical (unpaired) electrons. The maximum atomic E-state index is 13.1. The number of hydrogen-bond acceptors (Lipinski definition) is 3. The maximum absolute atomic E-state index is 13.1. The number of nitrogens with one attached hydrogen (secondary N) is 1. The Labute approximate surface area is 174 Å². The monoisotopic (exact) mass is 398 g/mol. The van der Waals surface area contributed by atoms with Crippen LogP contribution >= 0.6 is 0 Å². The second kappa shape index (κ2) is 8.00. The van der Waals surface area contributed by atoms with Crippen LogP contribution in [0.5, 0.6) is 0 Å². The lowest BCUT2D eigenvalue weighted by molar-refractivity contribution is -0.136. The van der Waals surface area contributed by atoms with Crippen molar-refractivity contribution in [2.45, 2.75) is 63.7 Å².